The highest BCUT2D eigenvalue weighted by atomic mass is 32.3. The first kappa shape index (κ1) is 12.9. The van der Waals surface area contributed by atoms with Crippen molar-refractivity contribution in [2.45, 2.75) is 11.7 Å². The molecule has 1 atom stereocenters. The van der Waals surface area contributed by atoms with Gasteiger partial charge in [-0.2, -0.15) is 8.42 Å². The third-order valence-corrected chi connectivity index (χ3v) is 4.47. The summed E-state index contributed by atoms with van der Waals surface area (Å²) >= 11 is 0. The third-order valence-electron chi connectivity index (χ3n) is 3.36. The fourth-order valence-corrected chi connectivity index (χ4v) is 2.97. The van der Waals surface area contributed by atoms with Gasteiger partial charge in [-0.1, -0.05) is 0 Å². The van der Waals surface area contributed by atoms with E-state index in [9.17, 15) is 21.9 Å². The van der Waals surface area contributed by atoms with Gasteiger partial charge in [0.1, 0.15) is 5.25 Å². The highest BCUT2D eigenvalue weighted by molar-refractivity contribution is 7.87. The Labute approximate surface area is 112 Å². The van der Waals surface area contributed by atoms with Crippen molar-refractivity contribution in [1.29, 1.82) is 0 Å². The number of carbonyl (C=O) groups excluding carboxylic acids is 1. The minimum Gasteiger partial charge on any atom is -0.311 e. The average Bonchev–Trinajstić information content (AvgIpc) is 2.93. The molecule has 0 aliphatic carbocycles. The van der Waals surface area contributed by atoms with Crippen LogP contribution in [-0.2, 0) is 15.0 Å². The predicted molar refractivity (Wildman–Crippen MR) is 69.7 cm³/mol. The van der Waals surface area contributed by atoms with Crippen LogP contribution in [0.5, 0.6) is 0 Å². The van der Waals surface area contributed by atoms with Crippen molar-refractivity contribution in [3.8, 4) is 0 Å². The van der Waals surface area contributed by atoms with Crippen LogP contribution >= 0.6 is 0 Å². The van der Waals surface area contributed by atoms with E-state index in [1.807, 2.05) is 0 Å². The van der Waals surface area contributed by atoms with Crippen molar-refractivity contribution >= 4 is 32.7 Å². The van der Waals surface area contributed by atoms with Crippen molar-refractivity contribution < 1.29 is 17.1 Å². The molecule has 1 saturated heterocycles. The number of nitrogens with zero attached hydrogens (tertiary/aromatic N) is 1. The van der Waals surface area contributed by atoms with Crippen LogP contribution < -0.4 is 10.5 Å². The molecule has 1 aromatic heterocycles. The van der Waals surface area contributed by atoms with Gasteiger partial charge in [0.05, 0.1) is 10.9 Å². The number of hydrogen-bond donors (Lipinski definition) is 2. The number of H-pyrrole nitrogens is 2. The molecule has 1 aliphatic rings. The number of amides is 1. The molecule has 0 radical (unpaired) electrons. The van der Waals surface area contributed by atoms with Crippen LogP contribution in [0.4, 0.5) is 9.57 Å². The number of fused-ring (bicyclic) bond motifs is 1. The van der Waals surface area contributed by atoms with Crippen molar-refractivity contribution in [2.24, 2.45) is 0 Å². The summed E-state index contributed by atoms with van der Waals surface area (Å²) in [5.41, 5.74) is 0.599. The average molecular weight is 299 g/mol. The fraction of sp³-hybridized carbons (Fsp3) is 0.273. The number of aromatic nitrogens is 2. The Hall–Kier alpha value is -2.16. The number of rotatable bonds is 2. The summed E-state index contributed by atoms with van der Waals surface area (Å²) < 4.78 is 34.7. The molecular weight excluding hydrogens is 289 g/mol. The molecule has 2 aromatic rings. The Bertz CT molecular complexity index is 854. The normalized spacial score (nSPS) is 19.9. The molecule has 1 unspecified atom stereocenters. The summed E-state index contributed by atoms with van der Waals surface area (Å²) in [4.78, 5) is 24.5. The smallest absolute Gasteiger partial charge is 0.307 e. The zero-order valence-corrected chi connectivity index (χ0v) is 10.9. The first-order valence-corrected chi connectivity index (χ1v) is 7.25. The molecule has 1 aromatic carbocycles. The van der Waals surface area contributed by atoms with Crippen LogP contribution in [0, 0.1) is 0 Å². The summed E-state index contributed by atoms with van der Waals surface area (Å²) in [5, 5.41) is 4.05. The molecule has 1 fully saturated rings. The molecule has 2 heterocycles. The number of aromatic amines is 2. The van der Waals surface area contributed by atoms with Crippen LogP contribution in [0.2, 0.25) is 0 Å². The highest BCUT2D eigenvalue weighted by Gasteiger charge is 2.39. The van der Waals surface area contributed by atoms with E-state index in [0.717, 1.165) is 0 Å². The minimum atomic E-state index is -4.75. The van der Waals surface area contributed by atoms with Crippen LogP contribution in [0.1, 0.15) is 6.42 Å². The number of anilines is 1. The maximum Gasteiger partial charge on any atom is 0.307 e. The van der Waals surface area contributed by atoms with Gasteiger partial charge in [0.2, 0.25) is 5.91 Å². The molecule has 1 amide bonds. The monoisotopic (exact) mass is 299 g/mol. The van der Waals surface area contributed by atoms with E-state index in [1.54, 1.807) is 12.1 Å². The molecule has 0 spiro atoms. The topological polar surface area (TPSA) is 103 Å². The van der Waals surface area contributed by atoms with Crippen molar-refractivity contribution in [2.75, 3.05) is 11.4 Å². The molecule has 7 nitrogen and oxygen atoms in total. The molecular formula is C11H10FN3O4S. The molecule has 0 bridgehead atoms. The fourth-order valence-electron chi connectivity index (χ4n) is 2.30. The second kappa shape index (κ2) is 4.17. The van der Waals surface area contributed by atoms with Gasteiger partial charge in [-0.15, -0.1) is 3.89 Å². The van der Waals surface area contributed by atoms with E-state index >= 15 is 0 Å². The molecule has 106 valence electrons. The van der Waals surface area contributed by atoms with E-state index in [2.05, 4.69) is 10.2 Å². The van der Waals surface area contributed by atoms with Crippen LogP contribution in [0.25, 0.3) is 10.9 Å². The number of carbonyl (C=O) groups is 1. The predicted octanol–water partition coefficient (Wildman–Crippen LogP) is 0.261. The second-order valence-corrected chi connectivity index (χ2v) is 6.23. The lowest BCUT2D eigenvalue weighted by Gasteiger charge is -2.15. The zero-order valence-electron chi connectivity index (χ0n) is 10.1. The van der Waals surface area contributed by atoms with Gasteiger partial charge in [-0.25, -0.2) is 0 Å². The van der Waals surface area contributed by atoms with Crippen LogP contribution in [0.15, 0.2) is 23.0 Å². The Balaban J connectivity index is 2.01. The van der Waals surface area contributed by atoms with Gasteiger partial charge in [0.15, 0.2) is 0 Å². The number of hydrogen-bond acceptors (Lipinski definition) is 4. The molecule has 9 heteroatoms. The quantitative estimate of drug-likeness (QED) is 0.776. The summed E-state index contributed by atoms with van der Waals surface area (Å²) in [6, 6.07) is 4.63. The lowest BCUT2D eigenvalue weighted by molar-refractivity contribution is -0.117. The van der Waals surface area contributed by atoms with Gasteiger partial charge < -0.3 is 4.90 Å². The lowest BCUT2D eigenvalue weighted by atomic mass is 10.2. The van der Waals surface area contributed by atoms with E-state index < -0.39 is 21.4 Å². The summed E-state index contributed by atoms with van der Waals surface area (Å²) in [7, 11) is -4.75. The molecule has 2 N–H and O–H groups in total. The highest BCUT2D eigenvalue weighted by Crippen LogP contribution is 2.27. The number of halogens is 1. The second-order valence-electron chi connectivity index (χ2n) is 4.62. The van der Waals surface area contributed by atoms with E-state index in [0.29, 0.717) is 16.6 Å². The maximum atomic E-state index is 13.0. The molecule has 3 rings (SSSR count). The van der Waals surface area contributed by atoms with Crippen molar-refractivity contribution in [3.63, 3.8) is 0 Å². The standard InChI is InChI=1S/C11H10FN3O4S/c12-20(18,19)7-4-10(16)15(5-7)6-1-2-9-8(3-6)11(17)14-13-9/h1-3,7H,4-5H2,(H2,13,14,17). The van der Waals surface area contributed by atoms with Crippen molar-refractivity contribution in [3.05, 3.63) is 28.6 Å². The van der Waals surface area contributed by atoms with E-state index in [1.165, 1.54) is 11.0 Å². The SMILES string of the molecule is O=C1CC(S(=O)(=O)F)CN1c1ccc2[nH][nH]c(=O)c2c1. The third kappa shape index (κ3) is 1.99. The summed E-state index contributed by atoms with van der Waals surface area (Å²) in [6.45, 7) is -0.245. The van der Waals surface area contributed by atoms with Crippen LogP contribution in [0.3, 0.4) is 0 Å². The number of nitrogens with one attached hydrogen (secondary N) is 2. The Morgan fingerprint density at radius 2 is 2.00 bits per heavy atom. The molecule has 20 heavy (non-hydrogen) atoms. The number of benzene rings is 1. The van der Waals surface area contributed by atoms with Gasteiger partial charge in [0.25, 0.3) is 5.56 Å². The minimum absolute atomic E-state index is 0.245. The first-order valence-electron chi connectivity index (χ1n) is 5.80. The Kier molecular flexibility index (Phi) is 2.68. The van der Waals surface area contributed by atoms with Crippen molar-refractivity contribution in [1.82, 2.24) is 10.2 Å². The lowest BCUT2D eigenvalue weighted by Crippen LogP contribution is -2.26. The van der Waals surface area contributed by atoms with E-state index in [-0.39, 0.29) is 18.5 Å². The summed E-state index contributed by atoms with van der Waals surface area (Å²) in [6.07, 6.45) is -0.389. The van der Waals surface area contributed by atoms with Crippen LogP contribution in [-0.4, -0.2) is 36.3 Å². The zero-order chi connectivity index (χ0) is 14.5. The van der Waals surface area contributed by atoms with Gasteiger partial charge in [-0.3, -0.25) is 19.8 Å². The van der Waals surface area contributed by atoms with E-state index in [4.69, 9.17) is 0 Å². The largest absolute Gasteiger partial charge is 0.311 e. The first-order chi connectivity index (χ1) is 9.36. The summed E-state index contributed by atoms with van der Waals surface area (Å²) in [5.74, 6) is -0.484. The van der Waals surface area contributed by atoms with Gasteiger partial charge in [0, 0.05) is 18.7 Å². The molecule has 1 aliphatic heterocycles. The van der Waals surface area contributed by atoms with Gasteiger partial charge in [-0.05, 0) is 18.2 Å². The Morgan fingerprint density at radius 3 is 2.65 bits per heavy atom. The maximum absolute atomic E-state index is 13.0. The Morgan fingerprint density at radius 1 is 1.25 bits per heavy atom. The molecule has 0 saturated carbocycles. The van der Waals surface area contributed by atoms with Gasteiger partial charge >= 0.3 is 10.2 Å².